The van der Waals surface area contributed by atoms with Gasteiger partial charge in [0.25, 0.3) is 0 Å². The molecule has 1 aliphatic rings. The van der Waals surface area contributed by atoms with Gasteiger partial charge >= 0.3 is 5.97 Å². The van der Waals surface area contributed by atoms with Crippen LogP contribution in [0.5, 0.6) is 17.2 Å². The highest BCUT2D eigenvalue weighted by Crippen LogP contribution is 2.38. The zero-order chi connectivity index (χ0) is 13.8. The lowest BCUT2D eigenvalue weighted by molar-refractivity contribution is -0.131. The van der Waals surface area contributed by atoms with Gasteiger partial charge in [-0.05, 0) is 12.1 Å². The van der Waals surface area contributed by atoms with Crippen LogP contribution >= 0.6 is 11.6 Å². The number of aliphatic carboxylic acids is 1. The minimum absolute atomic E-state index is 0.120. The summed E-state index contributed by atoms with van der Waals surface area (Å²) in [5.74, 6) is 0.485. The van der Waals surface area contributed by atoms with E-state index in [0.29, 0.717) is 27.8 Å². The molecule has 100 valence electrons. The molecule has 0 radical (unpaired) electrons. The molecule has 0 aromatic heterocycles. The van der Waals surface area contributed by atoms with Gasteiger partial charge in [-0.15, -0.1) is 0 Å². The van der Waals surface area contributed by atoms with Crippen molar-refractivity contribution in [1.82, 2.24) is 0 Å². The van der Waals surface area contributed by atoms with Crippen molar-refractivity contribution in [1.29, 1.82) is 0 Å². The zero-order valence-corrected chi connectivity index (χ0v) is 10.6. The van der Waals surface area contributed by atoms with Gasteiger partial charge in [0.05, 0.1) is 0 Å². The van der Waals surface area contributed by atoms with E-state index in [2.05, 4.69) is 6.58 Å². The van der Waals surface area contributed by atoms with Crippen molar-refractivity contribution in [2.45, 2.75) is 0 Å². The first-order valence-electron chi connectivity index (χ1n) is 5.37. The number of carboxylic acids is 1. The first kappa shape index (κ1) is 13.3. The van der Waals surface area contributed by atoms with Crippen molar-refractivity contribution in [3.8, 4) is 17.2 Å². The van der Waals surface area contributed by atoms with E-state index in [9.17, 15) is 4.79 Å². The highest BCUT2D eigenvalue weighted by Gasteiger charge is 2.17. The normalized spacial score (nSPS) is 12.7. The quantitative estimate of drug-likeness (QED) is 0.841. The van der Waals surface area contributed by atoms with E-state index in [1.54, 1.807) is 12.1 Å². The van der Waals surface area contributed by atoms with Crippen LogP contribution in [0.1, 0.15) is 5.56 Å². The van der Waals surface area contributed by atoms with Gasteiger partial charge in [0, 0.05) is 22.7 Å². The molecule has 0 aliphatic carbocycles. The van der Waals surface area contributed by atoms with E-state index < -0.39 is 5.97 Å². The Labute approximate surface area is 114 Å². The fourth-order valence-corrected chi connectivity index (χ4v) is 1.57. The lowest BCUT2D eigenvalue weighted by atomic mass is 10.1. The molecule has 0 atom stereocenters. The van der Waals surface area contributed by atoms with Crippen molar-refractivity contribution >= 4 is 23.6 Å². The summed E-state index contributed by atoms with van der Waals surface area (Å²) >= 11 is 5.64. The fourth-order valence-electron chi connectivity index (χ4n) is 1.51. The molecule has 0 saturated carbocycles. The summed E-state index contributed by atoms with van der Waals surface area (Å²) in [5, 5.41) is 9.00. The van der Waals surface area contributed by atoms with Crippen LogP contribution in [0.25, 0.3) is 6.08 Å². The lowest BCUT2D eigenvalue weighted by Crippen LogP contribution is -1.98. The van der Waals surface area contributed by atoms with Crippen molar-refractivity contribution in [3.63, 3.8) is 0 Å². The Morgan fingerprint density at radius 1 is 1.47 bits per heavy atom. The van der Waals surface area contributed by atoms with Crippen LogP contribution in [0.4, 0.5) is 0 Å². The van der Waals surface area contributed by atoms with Gasteiger partial charge in [-0.2, -0.15) is 0 Å². The summed E-state index contributed by atoms with van der Waals surface area (Å²) in [4.78, 5) is 10.6. The maximum Gasteiger partial charge on any atom is 0.328 e. The molecule has 0 saturated heterocycles. The molecule has 0 unspecified atom stereocenters. The Hall–Kier alpha value is -2.14. The molecule has 2 rings (SSSR count). The number of halogens is 1. The molecule has 1 aliphatic heterocycles. The van der Waals surface area contributed by atoms with E-state index in [0.717, 1.165) is 6.08 Å². The van der Waals surface area contributed by atoms with Crippen molar-refractivity contribution in [2.24, 2.45) is 0 Å². The van der Waals surface area contributed by atoms with Gasteiger partial charge in [-0.1, -0.05) is 18.2 Å². The monoisotopic (exact) mass is 282 g/mol. The highest BCUT2D eigenvalue weighted by atomic mass is 35.5. The number of rotatable bonds is 5. The molecular weight excluding hydrogens is 272 g/mol. The Kier molecular flexibility index (Phi) is 3.97. The molecule has 0 fully saturated rings. The van der Waals surface area contributed by atoms with E-state index >= 15 is 0 Å². The third-order valence-electron chi connectivity index (χ3n) is 2.29. The van der Waals surface area contributed by atoms with Crippen LogP contribution in [0.2, 0.25) is 0 Å². The SMILES string of the molecule is C=C(Cl)COc1cc2c(cc1/C=C/C(=O)O)OCO2. The number of fused-ring (bicyclic) bond motifs is 1. The molecule has 19 heavy (non-hydrogen) atoms. The second-order valence-electron chi connectivity index (χ2n) is 3.72. The molecule has 1 heterocycles. The molecule has 0 amide bonds. The van der Waals surface area contributed by atoms with Crippen LogP contribution in [0.3, 0.4) is 0 Å². The molecular formula is C13H11ClO5. The van der Waals surface area contributed by atoms with Crippen molar-refractivity contribution in [2.75, 3.05) is 13.4 Å². The number of ether oxygens (including phenoxy) is 3. The van der Waals surface area contributed by atoms with E-state index in [1.165, 1.54) is 6.08 Å². The number of hydrogen-bond donors (Lipinski definition) is 1. The van der Waals surface area contributed by atoms with Crippen LogP contribution in [-0.2, 0) is 4.79 Å². The third-order valence-corrected chi connectivity index (χ3v) is 2.40. The van der Waals surface area contributed by atoms with Crippen molar-refractivity contribution < 1.29 is 24.1 Å². The molecule has 1 aromatic carbocycles. The predicted molar refractivity (Wildman–Crippen MR) is 69.7 cm³/mol. The van der Waals surface area contributed by atoms with E-state index in [-0.39, 0.29) is 13.4 Å². The van der Waals surface area contributed by atoms with Gasteiger partial charge in [0.15, 0.2) is 11.5 Å². The van der Waals surface area contributed by atoms with Crippen LogP contribution in [0.15, 0.2) is 29.8 Å². The summed E-state index contributed by atoms with van der Waals surface area (Å²) < 4.78 is 15.9. The van der Waals surface area contributed by atoms with Gasteiger partial charge in [-0.3, -0.25) is 0 Å². The first-order chi connectivity index (χ1) is 9.06. The smallest absolute Gasteiger partial charge is 0.328 e. The topological polar surface area (TPSA) is 65.0 Å². The Morgan fingerprint density at radius 2 is 2.16 bits per heavy atom. The van der Waals surface area contributed by atoms with Crippen LogP contribution < -0.4 is 14.2 Å². The molecule has 5 nitrogen and oxygen atoms in total. The van der Waals surface area contributed by atoms with Gasteiger partial charge < -0.3 is 19.3 Å². The summed E-state index contributed by atoms with van der Waals surface area (Å²) in [6.45, 7) is 3.77. The fraction of sp³-hybridized carbons (Fsp3) is 0.154. The standard InChI is InChI=1S/C13H11ClO5/c1-8(14)6-17-10-5-12-11(18-7-19-12)4-9(10)2-3-13(15)16/h2-5H,1,6-7H2,(H,15,16)/b3-2+. The van der Waals surface area contributed by atoms with Gasteiger partial charge in [0.1, 0.15) is 12.4 Å². The van der Waals surface area contributed by atoms with Crippen LogP contribution in [-0.4, -0.2) is 24.5 Å². The maximum absolute atomic E-state index is 10.6. The summed E-state index contributed by atoms with van der Waals surface area (Å²) in [6, 6.07) is 3.28. The maximum atomic E-state index is 10.6. The first-order valence-corrected chi connectivity index (χ1v) is 5.75. The largest absolute Gasteiger partial charge is 0.487 e. The minimum Gasteiger partial charge on any atom is -0.487 e. The average molecular weight is 283 g/mol. The summed E-state index contributed by atoms with van der Waals surface area (Å²) in [7, 11) is 0. The third kappa shape index (κ3) is 3.42. The molecule has 0 bridgehead atoms. The Bertz CT molecular complexity index is 550. The second-order valence-corrected chi connectivity index (χ2v) is 4.26. The second kappa shape index (κ2) is 5.67. The predicted octanol–water partition coefficient (Wildman–Crippen LogP) is 2.64. The number of benzene rings is 1. The Morgan fingerprint density at radius 3 is 2.79 bits per heavy atom. The Balaban J connectivity index is 2.31. The number of carbonyl (C=O) groups is 1. The van der Waals surface area contributed by atoms with Gasteiger partial charge in [-0.25, -0.2) is 4.79 Å². The molecule has 1 N–H and O–H groups in total. The molecule has 6 heteroatoms. The average Bonchev–Trinajstić information content (AvgIpc) is 2.79. The minimum atomic E-state index is -1.05. The highest BCUT2D eigenvalue weighted by molar-refractivity contribution is 6.29. The number of hydrogen-bond acceptors (Lipinski definition) is 4. The van der Waals surface area contributed by atoms with E-state index in [4.69, 9.17) is 30.9 Å². The van der Waals surface area contributed by atoms with Crippen LogP contribution in [0, 0.1) is 0 Å². The summed E-state index contributed by atoms with van der Waals surface area (Å²) in [5.41, 5.74) is 0.560. The zero-order valence-electron chi connectivity index (χ0n) is 9.89. The summed E-state index contributed by atoms with van der Waals surface area (Å²) in [6.07, 6.45) is 2.43. The van der Waals surface area contributed by atoms with Gasteiger partial charge in [0.2, 0.25) is 6.79 Å². The van der Waals surface area contributed by atoms with E-state index in [1.807, 2.05) is 0 Å². The molecule has 0 spiro atoms. The van der Waals surface area contributed by atoms with Crippen molar-refractivity contribution in [3.05, 3.63) is 35.4 Å². The lowest BCUT2D eigenvalue weighted by Gasteiger charge is -2.09. The number of carboxylic acid groups (broad SMARTS) is 1. The molecule has 1 aromatic rings.